The number of halogens is 1. The van der Waals surface area contributed by atoms with Gasteiger partial charge in [-0.3, -0.25) is 0 Å². The standard InChI is InChI=1S/C18H18BrN3OS/c1-13(23-16-9-4-3-5-10-16)17-20-21-18(22(17)2)24-12-14-7-6-8-15(19)11-14/h3-11,13H,12H2,1-2H3. The largest absolute Gasteiger partial charge is 0.483 e. The van der Waals surface area contributed by atoms with E-state index in [1.807, 2.05) is 61.0 Å². The molecule has 0 aliphatic carbocycles. The van der Waals surface area contributed by atoms with Crippen LogP contribution >= 0.6 is 27.7 Å². The molecular weight excluding hydrogens is 386 g/mol. The number of thioether (sulfide) groups is 1. The van der Waals surface area contributed by atoms with Crippen molar-refractivity contribution in [1.29, 1.82) is 0 Å². The minimum atomic E-state index is -0.162. The Morgan fingerprint density at radius 2 is 1.92 bits per heavy atom. The van der Waals surface area contributed by atoms with E-state index in [9.17, 15) is 0 Å². The predicted molar refractivity (Wildman–Crippen MR) is 100 cm³/mol. The van der Waals surface area contributed by atoms with Gasteiger partial charge in [-0.1, -0.05) is 58.0 Å². The summed E-state index contributed by atoms with van der Waals surface area (Å²) in [5.74, 6) is 2.49. The van der Waals surface area contributed by atoms with Crippen LogP contribution in [-0.2, 0) is 12.8 Å². The summed E-state index contributed by atoms with van der Waals surface area (Å²) in [7, 11) is 1.98. The Morgan fingerprint density at radius 3 is 2.67 bits per heavy atom. The van der Waals surface area contributed by atoms with Crippen molar-refractivity contribution >= 4 is 27.7 Å². The molecule has 0 aliphatic rings. The lowest BCUT2D eigenvalue weighted by Crippen LogP contribution is -2.10. The SMILES string of the molecule is CC(Oc1ccccc1)c1nnc(SCc2cccc(Br)c2)n1C. The number of hydrogen-bond donors (Lipinski definition) is 0. The number of nitrogens with zero attached hydrogens (tertiary/aromatic N) is 3. The first-order valence-electron chi connectivity index (χ1n) is 7.61. The van der Waals surface area contributed by atoms with E-state index in [0.29, 0.717) is 0 Å². The molecule has 24 heavy (non-hydrogen) atoms. The Balaban J connectivity index is 1.67. The van der Waals surface area contributed by atoms with E-state index in [2.05, 4.69) is 38.3 Å². The normalized spacial score (nSPS) is 12.1. The summed E-state index contributed by atoms with van der Waals surface area (Å²) in [5, 5.41) is 9.48. The van der Waals surface area contributed by atoms with Crippen LogP contribution in [0.25, 0.3) is 0 Å². The lowest BCUT2D eigenvalue weighted by molar-refractivity contribution is 0.211. The van der Waals surface area contributed by atoms with Gasteiger partial charge in [-0.15, -0.1) is 10.2 Å². The average Bonchev–Trinajstić information content (AvgIpc) is 2.95. The van der Waals surface area contributed by atoms with Crippen LogP contribution in [0.1, 0.15) is 24.4 Å². The molecule has 0 spiro atoms. The van der Waals surface area contributed by atoms with E-state index >= 15 is 0 Å². The molecule has 0 N–H and O–H groups in total. The number of aromatic nitrogens is 3. The van der Waals surface area contributed by atoms with Crippen molar-refractivity contribution in [3.63, 3.8) is 0 Å². The molecule has 0 fully saturated rings. The van der Waals surface area contributed by atoms with Crippen molar-refractivity contribution in [2.24, 2.45) is 7.05 Å². The van der Waals surface area contributed by atoms with Crippen LogP contribution in [0, 0.1) is 0 Å². The molecular formula is C18H18BrN3OS. The Hall–Kier alpha value is -1.79. The summed E-state index contributed by atoms with van der Waals surface area (Å²) in [6, 6.07) is 18.1. The van der Waals surface area contributed by atoms with Crippen molar-refractivity contribution in [2.75, 3.05) is 0 Å². The van der Waals surface area contributed by atoms with Gasteiger partial charge in [-0.05, 0) is 36.8 Å². The summed E-state index contributed by atoms with van der Waals surface area (Å²) < 4.78 is 9.02. The molecule has 2 aromatic carbocycles. The van der Waals surface area contributed by atoms with Gasteiger partial charge in [-0.25, -0.2) is 0 Å². The smallest absolute Gasteiger partial charge is 0.191 e. The van der Waals surface area contributed by atoms with Crippen molar-refractivity contribution in [2.45, 2.75) is 23.9 Å². The first kappa shape index (κ1) is 17.0. The molecule has 0 saturated heterocycles. The number of hydrogen-bond acceptors (Lipinski definition) is 4. The van der Waals surface area contributed by atoms with E-state index < -0.39 is 0 Å². The molecule has 4 nitrogen and oxygen atoms in total. The van der Waals surface area contributed by atoms with Gasteiger partial charge >= 0.3 is 0 Å². The van der Waals surface area contributed by atoms with Crippen LogP contribution in [0.2, 0.25) is 0 Å². The van der Waals surface area contributed by atoms with Crippen LogP contribution in [-0.4, -0.2) is 14.8 Å². The minimum Gasteiger partial charge on any atom is -0.483 e. The highest BCUT2D eigenvalue weighted by Gasteiger charge is 2.17. The first-order chi connectivity index (χ1) is 11.6. The molecule has 1 unspecified atom stereocenters. The zero-order valence-electron chi connectivity index (χ0n) is 13.5. The van der Waals surface area contributed by atoms with E-state index in [1.165, 1.54) is 5.56 Å². The maximum absolute atomic E-state index is 5.93. The molecule has 1 aromatic heterocycles. The maximum Gasteiger partial charge on any atom is 0.191 e. The summed E-state index contributed by atoms with van der Waals surface area (Å²) in [6.45, 7) is 1.99. The van der Waals surface area contributed by atoms with Crippen LogP contribution in [0.5, 0.6) is 5.75 Å². The molecule has 0 saturated carbocycles. The van der Waals surface area contributed by atoms with Crippen molar-refractivity contribution in [1.82, 2.24) is 14.8 Å². The van der Waals surface area contributed by atoms with Crippen LogP contribution in [0.15, 0.2) is 64.2 Å². The number of benzene rings is 2. The van der Waals surface area contributed by atoms with Gasteiger partial charge in [0, 0.05) is 17.3 Å². The number of ether oxygens (including phenoxy) is 1. The van der Waals surface area contributed by atoms with E-state index in [-0.39, 0.29) is 6.10 Å². The van der Waals surface area contributed by atoms with Gasteiger partial charge in [0.2, 0.25) is 0 Å². The van der Waals surface area contributed by atoms with Crippen LogP contribution < -0.4 is 4.74 Å². The highest BCUT2D eigenvalue weighted by atomic mass is 79.9. The monoisotopic (exact) mass is 403 g/mol. The lowest BCUT2D eigenvalue weighted by atomic mass is 10.2. The summed E-state index contributed by atoms with van der Waals surface area (Å²) >= 11 is 5.16. The van der Waals surface area contributed by atoms with Gasteiger partial charge in [0.05, 0.1) is 0 Å². The molecule has 1 atom stereocenters. The predicted octanol–water partition coefficient (Wildman–Crippen LogP) is 5.01. The summed E-state index contributed by atoms with van der Waals surface area (Å²) in [5.41, 5.74) is 1.24. The molecule has 3 rings (SSSR count). The second-order valence-electron chi connectivity index (χ2n) is 5.39. The number of para-hydroxylation sites is 1. The Bertz CT molecular complexity index is 807. The lowest BCUT2D eigenvalue weighted by Gasteiger charge is -2.14. The third-order valence-electron chi connectivity index (χ3n) is 3.55. The minimum absolute atomic E-state index is 0.162. The quantitative estimate of drug-likeness (QED) is 0.542. The van der Waals surface area contributed by atoms with Crippen LogP contribution in [0.4, 0.5) is 0 Å². The molecule has 6 heteroatoms. The molecule has 0 aliphatic heterocycles. The molecule has 1 heterocycles. The molecule has 0 radical (unpaired) electrons. The van der Waals surface area contributed by atoms with E-state index in [1.54, 1.807) is 11.8 Å². The maximum atomic E-state index is 5.93. The van der Waals surface area contributed by atoms with E-state index in [0.717, 1.165) is 27.0 Å². The highest BCUT2D eigenvalue weighted by Crippen LogP contribution is 2.26. The summed E-state index contributed by atoms with van der Waals surface area (Å²) in [6.07, 6.45) is -0.162. The third-order valence-corrected chi connectivity index (χ3v) is 5.13. The van der Waals surface area contributed by atoms with Crippen LogP contribution in [0.3, 0.4) is 0 Å². The van der Waals surface area contributed by atoms with Gasteiger partial charge in [0.15, 0.2) is 17.1 Å². The van der Waals surface area contributed by atoms with Gasteiger partial charge < -0.3 is 9.30 Å². The fourth-order valence-electron chi connectivity index (χ4n) is 2.34. The number of rotatable bonds is 6. The van der Waals surface area contributed by atoms with Gasteiger partial charge in [0.25, 0.3) is 0 Å². The zero-order valence-corrected chi connectivity index (χ0v) is 15.9. The van der Waals surface area contributed by atoms with E-state index in [4.69, 9.17) is 4.74 Å². The molecule has 124 valence electrons. The Labute approximate surface area is 154 Å². The second kappa shape index (κ2) is 7.85. The van der Waals surface area contributed by atoms with Crippen molar-refractivity contribution in [3.8, 4) is 5.75 Å². The fraction of sp³-hybridized carbons (Fsp3) is 0.222. The Kier molecular flexibility index (Phi) is 5.58. The molecule has 0 bridgehead atoms. The fourth-order valence-corrected chi connectivity index (χ4v) is 3.64. The van der Waals surface area contributed by atoms with Crippen molar-refractivity contribution in [3.05, 3.63) is 70.5 Å². The third kappa shape index (κ3) is 4.19. The van der Waals surface area contributed by atoms with Gasteiger partial charge in [0.1, 0.15) is 5.75 Å². The van der Waals surface area contributed by atoms with Crippen molar-refractivity contribution < 1.29 is 4.74 Å². The first-order valence-corrected chi connectivity index (χ1v) is 9.39. The van der Waals surface area contributed by atoms with Gasteiger partial charge in [-0.2, -0.15) is 0 Å². The zero-order chi connectivity index (χ0) is 16.9. The molecule has 0 amide bonds. The topological polar surface area (TPSA) is 39.9 Å². The molecule has 3 aromatic rings. The summed E-state index contributed by atoms with van der Waals surface area (Å²) in [4.78, 5) is 0. The average molecular weight is 404 g/mol. The second-order valence-corrected chi connectivity index (χ2v) is 7.25. The highest BCUT2D eigenvalue weighted by molar-refractivity contribution is 9.10. The Morgan fingerprint density at radius 1 is 1.12 bits per heavy atom.